The minimum absolute atomic E-state index is 0.0687. The lowest BCUT2D eigenvalue weighted by atomic mass is 10.2. The molecule has 5 heteroatoms. The van der Waals surface area contributed by atoms with Crippen LogP contribution < -0.4 is 11.1 Å². The van der Waals surface area contributed by atoms with Crippen LogP contribution in [0.15, 0.2) is 36.9 Å². The molecule has 1 amide bonds. The van der Waals surface area contributed by atoms with Gasteiger partial charge in [-0.15, -0.1) is 6.58 Å². The number of hydrogen-bond donors (Lipinski definition) is 2. The molecule has 21 heavy (non-hydrogen) atoms. The Bertz CT molecular complexity index is 481. The molecule has 3 N–H and O–H groups in total. The molecule has 114 valence electrons. The first kappa shape index (κ1) is 15.5. The zero-order valence-corrected chi connectivity index (χ0v) is 12.4. The summed E-state index contributed by atoms with van der Waals surface area (Å²) in [7, 11) is 0. The Morgan fingerprint density at radius 3 is 2.67 bits per heavy atom. The lowest BCUT2D eigenvalue weighted by Gasteiger charge is -2.34. The van der Waals surface area contributed by atoms with E-state index in [1.54, 1.807) is 6.08 Å². The molecule has 0 aromatic heterocycles. The second kappa shape index (κ2) is 7.81. The number of nitrogens with one attached hydrogen (secondary N) is 1. The molecule has 0 radical (unpaired) electrons. The number of anilines is 1. The van der Waals surface area contributed by atoms with Crippen LogP contribution in [0, 0.1) is 0 Å². The number of carbonyl (C=O) groups is 1. The van der Waals surface area contributed by atoms with Crippen molar-refractivity contribution in [3.8, 4) is 0 Å². The number of carbonyl (C=O) groups excluding carboxylic acids is 1. The molecule has 1 aliphatic heterocycles. The van der Waals surface area contributed by atoms with Gasteiger partial charge in [-0.2, -0.15) is 0 Å². The standard InChI is InChI=1S/C16H24N4O/c1-2-6-18-16(21)13-20-9-7-19(8-10-20)12-14-4-3-5-15(17)11-14/h2-5,11H,1,6-10,12-13,17H2,(H,18,21). The van der Waals surface area contributed by atoms with Gasteiger partial charge < -0.3 is 11.1 Å². The van der Waals surface area contributed by atoms with Crippen molar-refractivity contribution >= 4 is 11.6 Å². The highest BCUT2D eigenvalue weighted by molar-refractivity contribution is 5.78. The van der Waals surface area contributed by atoms with E-state index in [1.807, 2.05) is 18.2 Å². The summed E-state index contributed by atoms with van der Waals surface area (Å²) in [5, 5.41) is 2.81. The Morgan fingerprint density at radius 2 is 2.00 bits per heavy atom. The molecule has 0 aliphatic carbocycles. The zero-order valence-electron chi connectivity index (χ0n) is 12.4. The predicted molar refractivity (Wildman–Crippen MR) is 85.8 cm³/mol. The van der Waals surface area contributed by atoms with E-state index >= 15 is 0 Å². The number of nitrogen functional groups attached to an aromatic ring is 1. The number of amides is 1. The Balaban J connectivity index is 1.73. The number of rotatable bonds is 6. The summed E-state index contributed by atoms with van der Waals surface area (Å²) >= 11 is 0. The van der Waals surface area contributed by atoms with Crippen LogP contribution in [0.5, 0.6) is 0 Å². The van der Waals surface area contributed by atoms with Crippen molar-refractivity contribution in [1.82, 2.24) is 15.1 Å². The molecule has 2 rings (SSSR count). The van der Waals surface area contributed by atoms with Crippen molar-refractivity contribution in [2.45, 2.75) is 6.54 Å². The van der Waals surface area contributed by atoms with Gasteiger partial charge in [0.05, 0.1) is 6.54 Å². The monoisotopic (exact) mass is 288 g/mol. The summed E-state index contributed by atoms with van der Waals surface area (Å²) in [5.74, 6) is 0.0687. The largest absolute Gasteiger partial charge is 0.399 e. The average molecular weight is 288 g/mol. The van der Waals surface area contributed by atoms with Crippen molar-refractivity contribution < 1.29 is 4.79 Å². The first-order valence-electron chi connectivity index (χ1n) is 7.34. The predicted octanol–water partition coefficient (Wildman–Crippen LogP) is 0.689. The van der Waals surface area contributed by atoms with Gasteiger partial charge >= 0.3 is 0 Å². The minimum atomic E-state index is 0.0687. The third kappa shape index (κ3) is 5.21. The first-order valence-corrected chi connectivity index (χ1v) is 7.34. The molecule has 0 spiro atoms. The van der Waals surface area contributed by atoms with Gasteiger partial charge in [0.15, 0.2) is 0 Å². The van der Waals surface area contributed by atoms with E-state index < -0.39 is 0 Å². The second-order valence-corrected chi connectivity index (χ2v) is 5.39. The van der Waals surface area contributed by atoms with Crippen molar-refractivity contribution in [3.05, 3.63) is 42.5 Å². The molecule has 5 nitrogen and oxygen atoms in total. The maximum atomic E-state index is 11.7. The highest BCUT2D eigenvalue weighted by atomic mass is 16.2. The van der Waals surface area contributed by atoms with E-state index in [-0.39, 0.29) is 5.91 Å². The smallest absolute Gasteiger partial charge is 0.234 e. The molecule has 0 unspecified atom stereocenters. The van der Waals surface area contributed by atoms with E-state index in [1.165, 1.54) is 5.56 Å². The number of benzene rings is 1. The fourth-order valence-electron chi connectivity index (χ4n) is 2.50. The fraction of sp³-hybridized carbons (Fsp3) is 0.438. The second-order valence-electron chi connectivity index (χ2n) is 5.39. The van der Waals surface area contributed by atoms with E-state index in [0.29, 0.717) is 13.1 Å². The van der Waals surface area contributed by atoms with Crippen molar-refractivity contribution in [1.29, 1.82) is 0 Å². The van der Waals surface area contributed by atoms with Gasteiger partial charge in [0.2, 0.25) is 5.91 Å². The molecule has 1 aliphatic rings. The summed E-state index contributed by atoms with van der Waals surface area (Å²) in [6.07, 6.45) is 1.70. The lowest BCUT2D eigenvalue weighted by Crippen LogP contribution is -2.49. The molecule has 1 aromatic rings. The first-order chi connectivity index (χ1) is 10.2. The number of nitrogens with zero attached hydrogens (tertiary/aromatic N) is 2. The summed E-state index contributed by atoms with van der Waals surface area (Å²) in [4.78, 5) is 16.2. The maximum Gasteiger partial charge on any atom is 0.234 e. The molecule has 1 saturated heterocycles. The minimum Gasteiger partial charge on any atom is -0.399 e. The lowest BCUT2D eigenvalue weighted by molar-refractivity contribution is -0.122. The van der Waals surface area contributed by atoms with Gasteiger partial charge in [-0.1, -0.05) is 18.2 Å². The van der Waals surface area contributed by atoms with Crippen LogP contribution in [0.25, 0.3) is 0 Å². The zero-order chi connectivity index (χ0) is 15.1. The Kier molecular flexibility index (Phi) is 5.78. The van der Waals surface area contributed by atoms with Crippen LogP contribution in [0.1, 0.15) is 5.56 Å². The van der Waals surface area contributed by atoms with Gasteiger partial charge in [-0.25, -0.2) is 0 Å². The van der Waals surface area contributed by atoms with E-state index in [0.717, 1.165) is 38.4 Å². The van der Waals surface area contributed by atoms with E-state index in [4.69, 9.17) is 5.73 Å². The molecule has 0 atom stereocenters. The Labute approximate surface area is 126 Å². The molecule has 1 fully saturated rings. The van der Waals surface area contributed by atoms with Gasteiger partial charge in [0, 0.05) is 45.0 Å². The topological polar surface area (TPSA) is 61.6 Å². The molecule has 1 heterocycles. The fourth-order valence-corrected chi connectivity index (χ4v) is 2.50. The highest BCUT2D eigenvalue weighted by Crippen LogP contribution is 2.11. The van der Waals surface area contributed by atoms with Gasteiger partial charge in [-0.3, -0.25) is 14.6 Å². The molecular weight excluding hydrogens is 264 g/mol. The van der Waals surface area contributed by atoms with E-state index in [2.05, 4.69) is 27.8 Å². The molecule has 0 saturated carbocycles. The molecule has 0 bridgehead atoms. The molecular formula is C16H24N4O. The average Bonchev–Trinajstić information content (AvgIpc) is 2.47. The SMILES string of the molecule is C=CCNC(=O)CN1CCN(Cc2cccc(N)c2)CC1. The number of hydrogen-bond acceptors (Lipinski definition) is 4. The summed E-state index contributed by atoms with van der Waals surface area (Å²) in [5.41, 5.74) is 7.86. The third-order valence-corrected chi connectivity index (χ3v) is 3.63. The van der Waals surface area contributed by atoms with Gasteiger partial charge in [-0.05, 0) is 17.7 Å². The summed E-state index contributed by atoms with van der Waals surface area (Å²) in [6.45, 7) is 9.31. The maximum absolute atomic E-state index is 11.7. The van der Waals surface area contributed by atoms with Crippen molar-refractivity contribution in [2.75, 3.05) is 45.0 Å². The van der Waals surface area contributed by atoms with Crippen LogP contribution in [-0.2, 0) is 11.3 Å². The summed E-state index contributed by atoms with van der Waals surface area (Å²) in [6, 6.07) is 8.02. The van der Waals surface area contributed by atoms with Crippen LogP contribution >= 0.6 is 0 Å². The van der Waals surface area contributed by atoms with Gasteiger partial charge in [0.25, 0.3) is 0 Å². The quantitative estimate of drug-likeness (QED) is 0.597. The Hall–Kier alpha value is -1.85. The third-order valence-electron chi connectivity index (χ3n) is 3.63. The van der Waals surface area contributed by atoms with Crippen LogP contribution in [0.3, 0.4) is 0 Å². The van der Waals surface area contributed by atoms with Crippen LogP contribution in [0.4, 0.5) is 5.69 Å². The van der Waals surface area contributed by atoms with E-state index in [9.17, 15) is 4.79 Å². The molecule has 1 aromatic carbocycles. The Morgan fingerprint density at radius 1 is 1.29 bits per heavy atom. The summed E-state index contributed by atoms with van der Waals surface area (Å²) < 4.78 is 0. The normalized spacial score (nSPS) is 16.6. The number of piperazine rings is 1. The van der Waals surface area contributed by atoms with Gasteiger partial charge in [0.1, 0.15) is 0 Å². The van der Waals surface area contributed by atoms with Crippen molar-refractivity contribution in [3.63, 3.8) is 0 Å². The number of nitrogens with two attached hydrogens (primary N) is 1. The highest BCUT2D eigenvalue weighted by Gasteiger charge is 2.18. The van der Waals surface area contributed by atoms with Crippen molar-refractivity contribution in [2.24, 2.45) is 0 Å². The van der Waals surface area contributed by atoms with Crippen LogP contribution in [-0.4, -0.2) is 55.0 Å². The van der Waals surface area contributed by atoms with Crippen LogP contribution in [0.2, 0.25) is 0 Å².